The number of amides is 2. The summed E-state index contributed by atoms with van der Waals surface area (Å²) in [4.78, 5) is 28.0. The van der Waals surface area contributed by atoms with Crippen LogP contribution in [0.2, 0.25) is 5.02 Å². The standard InChI is InChI=1S/C20H20ClF2N3O2.ClH/c21-14-3-1-2-13(10-14)11-18(24)20(28)26-8-6-25(7-9-26)19(27)16-12-15(22)4-5-17(16)23;/h1-5,10,12,18H,6-9,11,24H2;1H/t18-;/m1./s1. The Morgan fingerprint density at radius 2 is 1.69 bits per heavy atom. The summed E-state index contributed by atoms with van der Waals surface area (Å²) < 4.78 is 27.1. The summed E-state index contributed by atoms with van der Waals surface area (Å²) in [6.07, 6.45) is 0.354. The van der Waals surface area contributed by atoms with Gasteiger partial charge in [-0.1, -0.05) is 23.7 Å². The summed E-state index contributed by atoms with van der Waals surface area (Å²) in [6.45, 7) is 1.02. The van der Waals surface area contributed by atoms with Crippen molar-refractivity contribution in [3.63, 3.8) is 0 Å². The number of rotatable bonds is 4. The average Bonchev–Trinajstić information content (AvgIpc) is 2.69. The van der Waals surface area contributed by atoms with Gasteiger partial charge >= 0.3 is 0 Å². The maximum atomic E-state index is 13.8. The molecule has 1 saturated heterocycles. The van der Waals surface area contributed by atoms with Gasteiger partial charge in [-0.05, 0) is 42.3 Å². The number of halogens is 4. The van der Waals surface area contributed by atoms with E-state index in [-0.39, 0.29) is 50.1 Å². The lowest BCUT2D eigenvalue weighted by molar-refractivity contribution is -0.134. The molecule has 1 aliphatic rings. The summed E-state index contributed by atoms with van der Waals surface area (Å²) in [5, 5.41) is 0.578. The second kappa shape index (κ2) is 10.0. The van der Waals surface area contributed by atoms with Gasteiger partial charge in [0.1, 0.15) is 11.6 Å². The fourth-order valence-electron chi connectivity index (χ4n) is 3.20. The van der Waals surface area contributed by atoms with Crippen LogP contribution in [0.5, 0.6) is 0 Å². The van der Waals surface area contributed by atoms with E-state index < -0.39 is 23.6 Å². The first-order chi connectivity index (χ1) is 13.3. The summed E-state index contributed by atoms with van der Waals surface area (Å²) in [6, 6.07) is 9.21. The maximum absolute atomic E-state index is 13.8. The van der Waals surface area contributed by atoms with E-state index in [2.05, 4.69) is 0 Å². The molecule has 3 rings (SSSR count). The summed E-state index contributed by atoms with van der Waals surface area (Å²) in [7, 11) is 0. The molecule has 2 N–H and O–H groups in total. The molecule has 0 spiro atoms. The van der Waals surface area contributed by atoms with Crippen molar-refractivity contribution in [2.45, 2.75) is 12.5 Å². The SMILES string of the molecule is Cl.N[C@H](Cc1cccc(Cl)c1)C(=O)N1CCN(C(=O)c2cc(F)ccc2F)CC1. The van der Waals surface area contributed by atoms with Crippen LogP contribution in [0.25, 0.3) is 0 Å². The first kappa shape index (κ1) is 23.1. The van der Waals surface area contributed by atoms with Gasteiger partial charge in [-0.25, -0.2) is 8.78 Å². The van der Waals surface area contributed by atoms with Crippen molar-refractivity contribution in [2.24, 2.45) is 5.73 Å². The van der Waals surface area contributed by atoms with Crippen LogP contribution in [-0.4, -0.2) is 53.8 Å². The minimum atomic E-state index is -0.770. The summed E-state index contributed by atoms with van der Waals surface area (Å²) in [5.74, 6) is -2.25. The molecule has 1 atom stereocenters. The topological polar surface area (TPSA) is 66.6 Å². The molecule has 2 amide bonds. The second-order valence-corrected chi connectivity index (χ2v) is 7.12. The number of piperazine rings is 1. The zero-order valence-corrected chi connectivity index (χ0v) is 17.1. The highest BCUT2D eigenvalue weighted by atomic mass is 35.5. The van der Waals surface area contributed by atoms with E-state index in [9.17, 15) is 18.4 Å². The van der Waals surface area contributed by atoms with Gasteiger partial charge in [-0.15, -0.1) is 12.4 Å². The van der Waals surface area contributed by atoms with Gasteiger partial charge in [0.2, 0.25) is 5.91 Å². The normalized spacial score (nSPS) is 14.9. The monoisotopic (exact) mass is 443 g/mol. The molecule has 0 bridgehead atoms. The molecule has 156 valence electrons. The minimum absolute atomic E-state index is 0. The molecule has 0 saturated carbocycles. The Balaban J connectivity index is 0.00000300. The second-order valence-electron chi connectivity index (χ2n) is 6.68. The summed E-state index contributed by atoms with van der Waals surface area (Å²) >= 11 is 5.95. The van der Waals surface area contributed by atoms with Crippen molar-refractivity contribution in [3.8, 4) is 0 Å². The molecule has 29 heavy (non-hydrogen) atoms. The van der Waals surface area contributed by atoms with Crippen LogP contribution >= 0.6 is 24.0 Å². The van der Waals surface area contributed by atoms with E-state index in [1.165, 1.54) is 4.90 Å². The number of nitrogens with zero attached hydrogens (tertiary/aromatic N) is 2. The van der Waals surface area contributed by atoms with Crippen LogP contribution in [-0.2, 0) is 11.2 Å². The van der Waals surface area contributed by atoms with Gasteiger partial charge < -0.3 is 15.5 Å². The van der Waals surface area contributed by atoms with Crippen molar-refractivity contribution in [3.05, 3.63) is 70.2 Å². The average molecular weight is 444 g/mol. The van der Waals surface area contributed by atoms with Gasteiger partial charge in [-0.3, -0.25) is 9.59 Å². The first-order valence-electron chi connectivity index (χ1n) is 8.88. The fraction of sp³-hybridized carbons (Fsp3) is 0.300. The highest BCUT2D eigenvalue weighted by Gasteiger charge is 2.28. The molecule has 0 unspecified atom stereocenters. The van der Waals surface area contributed by atoms with E-state index in [1.807, 2.05) is 6.07 Å². The predicted molar refractivity (Wildman–Crippen MR) is 109 cm³/mol. The Morgan fingerprint density at radius 1 is 1.03 bits per heavy atom. The molecule has 9 heteroatoms. The zero-order valence-electron chi connectivity index (χ0n) is 15.5. The van der Waals surface area contributed by atoms with Crippen molar-refractivity contribution in [1.29, 1.82) is 0 Å². The van der Waals surface area contributed by atoms with Gasteiger partial charge in [-0.2, -0.15) is 0 Å². The molecule has 1 fully saturated rings. The van der Waals surface area contributed by atoms with E-state index in [0.29, 0.717) is 11.4 Å². The molecule has 5 nitrogen and oxygen atoms in total. The Kier molecular flexibility index (Phi) is 7.96. The van der Waals surface area contributed by atoms with E-state index in [1.54, 1.807) is 23.1 Å². The number of hydrogen-bond donors (Lipinski definition) is 1. The van der Waals surface area contributed by atoms with Crippen molar-refractivity contribution >= 4 is 35.8 Å². The lowest BCUT2D eigenvalue weighted by Crippen LogP contribution is -2.54. The molecular weight excluding hydrogens is 423 g/mol. The Morgan fingerprint density at radius 3 is 2.34 bits per heavy atom. The fourth-order valence-corrected chi connectivity index (χ4v) is 3.41. The van der Waals surface area contributed by atoms with Crippen LogP contribution < -0.4 is 5.73 Å². The highest BCUT2D eigenvalue weighted by Crippen LogP contribution is 2.16. The van der Waals surface area contributed by atoms with E-state index in [0.717, 1.165) is 23.8 Å². The van der Waals surface area contributed by atoms with E-state index in [4.69, 9.17) is 17.3 Å². The predicted octanol–water partition coefficient (Wildman–Crippen LogP) is 2.89. The van der Waals surface area contributed by atoms with E-state index >= 15 is 0 Å². The van der Waals surface area contributed by atoms with Crippen molar-refractivity contribution < 1.29 is 18.4 Å². The molecule has 0 aliphatic carbocycles. The Hall–Kier alpha value is -2.22. The molecule has 2 aromatic rings. The van der Waals surface area contributed by atoms with Crippen LogP contribution in [0.4, 0.5) is 8.78 Å². The summed E-state index contributed by atoms with van der Waals surface area (Å²) in [5.41, 5.74) is 6.60. The third-order valence-corrected chi connectivity index (χ3v) is 4.93. The third-order valence-electron chi connectivity index (χ3n) is 4.70. The molecule has 1 aliphatic heterocycles. The van der Waals surface area contributed by atoms with Gasteiger partial charge in [0.15, 0.2) is 0 Å². The molecule has 0 radical (unpaired) electrons. The van der Waals surface area contributed by atoms with Crippen LogP contribution in [0.15, 0.2) is 42.5 Å². The van der Waals surface area contributed by atoms with Crippen molar-refractivity contribution in [1.82, 2.24) is 9.80 Å². The minimum Gasteiger partial charge on any atom is -0.338 e. The lowest BCUT2D eigenvalue weighted by atomic mass is 10.1. The number of carbonyl (C=O) groups is 2. The number of nitrogens with two attached hydrogens (primary N) is 1. The van der Waals surface area contributed by atoms with Crippen molar-refractivity contribution in [2.75, 3.05) is 26.2 Å². The van der Waals surface area contributed by atoms with Gasteiger partial charge in [0.05, 0.1) is 11.6 Å². The Labute approximate surface area is 178 Å². The molecule has 1 heterocycles. The van der Waals surface area contributed by atoms with Crippen LogP contribution in [0, 0.1) is 11.6 Å². The Bertz CT molecular complexity index is 890. The van der Waals surface area contributed by atoms with Crippen LogP contribution in [0.1, 0.15) is 15.9 Å². The maximum Gasteiger partial charge on any atom is 0.257 e. The largest absolute Gasteiger partial charge is 0.338 e. The quantitative estimate of drug-likeness (QED) is 0.789. The number of benzene rings is 2. The van der Waals surface area contributed by atoms with Crippen LogP contribution in [0.3, 0.4) is 0 Å². The number of carbonyl (C=O) groups excluding carboxylic acids is 2. The van der Waals surface area contributed by atoms with Gasteiger partial charge in [0.25, 0.3) is 5.91 Å². The molecular formula is C20H21Cl2F2N3O2. The highest BCUT2D eigenvalue weighted by molar-refractivity contribution is 6.30. The molecule has 0 aromatic heterocycles. The third kappa shape index (κ3) is 5.65. The zero-order chi connectivity index (χ0) is 20.3. The first-order valence-corrected chi connectivity index (χ1v) is 9.26. The van der Waals surface area contributed by atoms with Gasteiger partial charge in [0, 0.05) is 31.2 Å². The smallest absolute Gasteiger partial charge is 0.257 e. The molecule has 2 aromatic carbocycles. The lowest BCUT2D eigenvalue weighted by Gasteiger charge is -2.36. The number of hydrogen-bond acceptors (Lipinski definition) is 3.